The zero-order valence-corrected chi connectivity index (χ0v) is 4.16. The Labute approximate surface area is 45.4 Å². The zero-order valence-electron chi connectivity index (χ0n) is 4.16. The Morgan fingerprint density at radius 3 is 2.00 bits per heavy atom. The SMILES string of the molecule is [CH2]CCOC(F)(F)F. The average molecular weight is 127 g/mol. The summed E-state index contributed by atoms with van der Waals surface area (Å²) in [5.74, 6) is 0. The number of rotatable bonds is 2. The van der Waals surface area contributed by atoms with Crippen LogP contribution in [-0.2, 0) is 4.74 Å². The van der Waals surface area contributed by atoms with Crippen LogP contribution in [0.1, 0.15) is 6.42 Å². The largest absolute Gasteiger partial charge is 0.522 e. The first-order valence-electron chi connectivity index (χ1n) is 2.06. The van der Waals surface area contributed by atoms with Gasteiger partial charge in [-0.15, -0.1) is 13.2 Å². The smallest absolute Gasteiger partial charge is 0.292 e. The van der Waals surface area contributed by atoms with Crippen molar-refractivity contribution in [1.82, 2.24) is 0 Å². The van der Waals surface area contributed by atoms with Crippen molar-refractivity contribution in [1.29, 1.82) is 0 Å². The minimum Gasteiger partial charge on any atom is -0.292 e. The molecule has 0 amide bonds. The fourth-order valence-electron chi connectivity index (χ4n) is 0.188. The molecule has 0 aliphatic carbocycles. The maximum Gasteiger partial charge on any atom is 0.522 e. The van der Waals surface area contributed by atoms with Crippen LogP contribution in [-0.4, -0.2) is 13.0 Å². The van der Waals surface area contributed by atoms with Crippen LogP contribution < -0.4 is 0 Å². The van der Waals surface area contributed by atoms with Gasteiger partial charge in [0.1, 0.15) is 0 Å². The molecule has 49 valence electrons. The van der Waals surface area contributed by atoms with Crippen LogP contribution in [0.2, 0.25) is 0 Å². The Morgan fingerprint density at radius 1 is 1.38 bits per heavy atom. The van der Waals surface area contributed by atoms with Crippen LogP contribution in [0.15, 0.2) is 0 Å². The molecule has 8 heavy (non-hydrogen) atoms. The lowest BCUT2D eigenvalue weighted by Gasteiger charge is -2.03. The molecule has 0 spiro atoms. The Bertz CT molecular complexity index is 58.8. The van der Waals surface area contributed by atoms with E-state index in [4.69, 9.17) is 0 Å². The third-order valence-electron chi connectivity index (χ3n) is 0.410. The molecule has 0 aromatic heterocycles. The lowest BCUT2D eigenvalue weighted by atomic mass is 10.5. The van der Waals surface area contributed by atoms with Crippen molar-refractivity contribution >= 4 is 0 Å². The van der Waals surface area contributed by atoms with Crippen LogP contribution in [0.3, 0.4) is 0 Å². The van der Waals surface area contributed by atoms with Crippen molar-refractivity contribution in [2.45, 2.75) is 12.8 Å². The van der Waals surface area contributed by atoms with Gasteiger partial charge in [-0.1, -0.05) is 6.92 Å². The average Bonchev–Trinajstić information content (AvgIpc) is 1.59. The summed E-state index contributed by atoms with van der Waals surface area (Å²) < 4.78 is 36.3. The van der Waals surface area contributed by atoms with E-state index in [9.17, 15) is 13.2 Å². The summed E-state index contributed by atoms with van der Waals surface area (Å²) in [5, 5.41) is 0. The second-order valence-electron chi connectivity index (χ2n) is 1.15. The Kier molecular flexibility index (Phi) is 2.82. The molecule has 0 heterocycles. The van der Waals surface area contributed by atoms with E-state index >= 15 is 0 Å². The lowest BCUT2D eigenvalue weighted by molar-refractivity contribution is -0.323. The van der Waals surface area contributed by atoms with Crippen LogP contribution in [0.4, 0.5) is 13.2 Å². The third-order valence-corrected chi connectivity index (χ3v) is 0.410. The molecule has 0 rings (SSSR count). The van der Waals surface area contributed by atoms with Crippen molar-refractivity contribution in [3.05, 3.63) is 6.92 Å². The van der Waals surface area contributed by atoms with Gasteiger partial charge in [-0.2, -0.15) is 0 Å². The molecular formula is C4H6F3O. The van der Waals surface area contributed by atoms with Gasteiger partial charge in [-0.05, 0) is 6.42 Å². The number of hydrogen-bond acceptors (Lipinski definition) is 1. The van der Waals surface area contributed by atoms with Gasteiger partial charge in [0.25, 0.3) is 0 Å². The Morgan fingerprint density at radius 2 is 1.88 bits per heavy atom. The lowest BCUT2D eigenvalue weighted by Crippen LogP contribution is -2.13. The highest BCUT2D eigenvalue weighted by Crippen LogP contribution is 2.15. The first-order chi connectivity index (χ1) is 3.56. The van der Waals surface area contributed by atoms with E-state index in [1.54, 1.807) is 0 Å². The Balaban J connectivity index is 3.11. The summed E-state index contributed by atoms with van der Waals surface area (Å²) in [6.45, 7) is 2.81. The van der Waals surface area contributed by atoms with E-state index in [2.05, 4.69) is 11.7 Å². The molecule has 0 atom stereocenters. The minimum absolute atomic E-state index is 0.138. The van der Waals surface area contributed by atoms with Crippen molar-refractivity contribution in [3.63, 3.8) is 0 Å². The zero-order chi connectivity index (χ0) is 6.62. The fourth-order valence-corrected chi connectivity index (χ4v) is 0.188. The maximum absolute atomic E-state index is 11.0. The number of alkyl halides is 3. The highest BCUT2D eigenvalue weighted by molar-refractivity contribution is 4.36. The summed E-state index contributed by atoms with van der Waals surface area (Å²) >= 11 is 0. The highest BCUT2D eigenvalue weighted by atomic mass is 19.4. The second kappa shape index (κ2) is 2.91. The molecule has 4 heteroatoms. The number of ether oxygens (including phenoxy) is 1. The molecule has 1 nitrogen and oxygen atoms in total. The fraction of sp³-hybridized carbons (Fsp3) is 0.750. The summed E-state index contributed by atoms with van der Waals surface area (Å²) in [4.78, 5) is 0. The van der Waals surface area contributed by atoms with Crippen molar-refractivity contribution in [2.24, 2.45) is 0 Å². The first-order valence-corrected chi connectivity index (χ1v) is 2.06. The van der Waals surface area contributed by atoms with Crippen molar-refractivity contribution in [2.75, 3.05) is 6.61 Å². The van der Waals surface area contributed by atoms with Gasteiger partial charge in [-0.25, -0.2) is 0 Å². The monoisotopic (exact) mass is 127 g/mol. The van der Waals surface area contributed by atoms with E-state index in [-0.39, 0.29) is 13.0 Å². The molecular weight excluding hydrogens is 121 g/mol. The summed E-state index contributed by atoms with van der Waals surface area (Å²) in [6, 6.07) is 0. The third kappa shape index (κ3) is 5.75. The molecule has 0 saturated carbocycles. The van der Waals surface area contributed by atoms with Gasteiger partial charge in [0, 0.05) is 0 Å². The molecule has 0 aliphatic heterocycles. The molecule has 0 saturated heterocycles. The molecule has 0 bridgehead atoms. The minimum atomic E-state index is -4.49. The van der Waals surface area contributed by atoms with Gasteiger partial charge in [0.05, 0.1) is 6.61 Å². The normalized spacial score (nSPS) is 12.0. The maximum atomic E-state index is 11.0. The van der Waals surface area contributed by atoms with E-state index in [1.807, 2.05) is 0 Å². The van der Waals surface area contributed by atoms with Crippen LogP contribution in [0.25, 0.3) is 0 Å². The van der Waals surface area contributed by atoms with Gasteiger partial charge in [0.2, 0.25) is 0 Å². The molecule has 1 radical (unpaired) electrons. The summed E-state index contributed by atoms with van der Waals surface area (Å²) in [6.07, 6.45) is -4.35. The molecule has 0 N–H and O–H groups in total. The van der Waals surface area contributed by atoms with Gasteiger partial charge in [-0.3, -0.25) is 4.74 Å². The van der Waals surface area contributed by atoms with E-state index in [0.717, 1.165) is 0 Å². The predicted octanol–water partition coefficient (Wildman–Crippen LogP) is 1.75. The van der Waals surface area contributed by atoms with Crippen molar-refractivity contribution in [3.8, 4) is 0 Å². The number of hydrogen-bond donors (Lipinski definition) is 0. The predicted molar refractivity (Wildman–Crippen MR) is 22.0 cm³/mol. The number of halogens is 3. The van der Waals surface area contributed by atoms with Gasteiger partial charge >= 0.3 is 6.36 Å². The molecule has 0 aliphatic rings. The van der Waals surface area contributed by atoms with E-state index in [0.29, 0.717) is 0 Å². The summed E-state index contributed by atoms with van der Waals surface area (Å²) in [5.41, 5.74) is 0. The molecule has 0 aromatic rings. The highest BCUT2D eigenvalue weighted by Gasteiger charge is 2.27. The van der Waals surface area contributed by atoms with Crippen LogP contribution in [0.5, 0.6) is 0 Å². The van der Waals surface area contributed by atoms with Crippen molar-refractivity contribution < 1.29 is 17.9 Å². The molecule has 0 unspecified atom stereocenters. The topological polar surface area (TPSA) is 9.23 Å². The van der Waals surface area contributed by atoms with Gasteiger partial charge in [0.15, 0.2) is 0 Å². The first kappa shape index (κ1) is 7.75. The standard InChI is InChI=1S/C4H6F3O/c1-2-3-8-4(5,6)7/h1-3H2. The quantitative estimate of drug-likeness (QED) is 0.549. The summed E-state index contributed by atoms with van der Waals surface area (Å²) in [7, 11) is 0. The van der Waals surface area contributed by atoms with Crippen LogP contribution in [0, 0.1) is 6.92 Å². The van der Waals surface area contributed by atoms with Crippen LogP contribution >= 0.6 is 0 Å². The molecule has 0 fully saturated rings. The van der Waals surface area contributed by atoms with E-state index in [1.165, 1.54) is 0 Å². The van der Waals surface area contributed by atoms with E-state index < -0.39 is 6.36 Å². The van der Waals surface area contributed by atoms with Gasteiger partial charge < -0.3 is 0 Å². The molecule has 0 aromatic carbocycles. The Hall–Kier alpha value is -0.250. The second-order valence-corrected chi connectivity index (χ2v) is 1.15.